The predicted octanol–water partition coefficient (Wildman–Crippen LogP) is 6.46. The van der Waals surface area contributed by atoms with E-state index in [9.17, 15) is 0 Å². The first-order valence-electron chi connectivity index (χ1n) is 10.1. The van der Waals surface area contributed by atoms with Crippen LogP contribution in [0.5, 0.6) is 0 Å². The topological polar surface area (TPSA) is 12.0 Å². The normalized spacial score (nSPS) is 37.2. The lowest BCUT2D eigenvalue weighted by Crippen LogP contribution is -2.32. The first-order chi connectivity index (χ1) is 11.9. The first kappa shape index (κ1) is 17.5. The van der Waals surface area contributed by atoms with Crippen LogP contribution in [0.2, 0.25) is 0 Å². The number of rotatable bonds is 2. The average molecular weight is 356 g/mol. The Balaban J connectivity index is 1.74. The van der Waals surface area contributed by atoms with E-state index in [2.05, 4.69) is 76.8 Å². The molecule has 0 spiro atoms. The van der Waals surface area contributed by atoms with Gasteiger partial charge in [0.15, 0.2) is 0 Å². The standard InChI is InChI=1S/C23H33NS/c1-12(2)19-11-10-17-8-7-9-18(22(17)24-19)21-14(4)13(3)20-15(5)16(6)25-23(20)21/h7-9,12-14,19-21,23-24H,10-11H2,1-6H3. The van der Waals surface area contributed by atoms with Gasteiger partial charge < -0.3 is 5.32 Å². The van der Waals surface area contributed by atoms with Crippen LogP contribution in [0.1, 0.15) is 65.0 Å². The van der Waals surface area contributed by atoms with Crippen molar-refractivity contribution in [2.75, 3.05) is 5.32 Å². The smallest absolute Gasteiger partial charge is 0.0410 e. The molecule has 25 heavy (non-hydrogen) atoms. The molecule has 2 heterocycles. The Hall–Kier alpha value is -0.890. The molecule has 0 radical (unpaired) electrons. The van der Waals surface area contributed by atoms with Crippen molar-refractivity contribution in [1.82, 2.24) is 0 Å². The fraction of sp³-hybridized carbons (Fsp3) is 0.652. The van der Waals surface area contributed by atoms with E-state index in [1.165, 1.54) is 18.5 Å². The van der Waals surface area contributed by atoms with Crippen molar-refractivity contribution in [1.29, 1.82) is 0 Å². The summed E-state index contributed by atoms with van der Waals surface area (Å²) < 4.78 is 0. The van der Waals surface area contributed by atoms with Gasteiger partial charge in [0.1, 0.15) is 0 Å². The van der Waals surface area contributed by atoms with Crippen molar-refractivity contribution in [3.8, 4) is 0 Å². The van der Waals surface area contributed by atoms with E-state index in [4.69, 9.17) is 0 Å². The molecule has 3 aliphatic rings. The highest BCUT2D eigenvalue weighted by molar-refractivity contribution is 8.04. The van der Waals surface area contributed by atoms with Gasteiger partial charge in [-0.2, -0.15) is 0 Å². The zero-order valence-electron chi connectivity index (χ0n) is 16.6. The number of thioether (sulfide) groups is 1. The molecule has 0 aromatic heterocycles. The van der Waals surface area contributed by atoms with Crippen LogP contribution in [0, 0.1) is 23.7 Å². The number of hydrogen-bond donors (Lipinski definition) is 1. The lowest BCUT2D eigenvalue weighted by atomic mass is 9.82. The third kappa shape index (κ3) is 2.67. The summed E-state index contributed by atoms with van der Waals surface area (Å²) in [6.45, 7) is 14.4. The number of benzene rings is 1. The molecule has 0 bridgehead atoms. The summed E-state index contributed by atoms with van der Waals surface area (Å²) in [7, 11) is 0. The number of anilines is 1. The minimum atomic E-state index is 0.622. The summed E-state index contributed by atoms with van der Waals surface area (Å²) in [6.07, 6.45) is 2.50. The summed E-state index contributed by atoms with van der Waals surface area (Å²) >= 11 is 2.16. The molecule has 2 heteroatoms. The van der Waals surface area contributed by atoms with Crippen molar-refractivity contribution in [2.45, 2.75) is 71.6 Å². The molecule has 6 atom stereocenters. The summed E-state index contributed by atoms with van der Waals surface area (Å²) in [4.78, 5) is 1.58. The molecule has 1 aromatic carbocycles. The van der Waals surface area contributed by atoms with Crippen molar-refractivity contribution in [3.05, 3.63) is 39.8 Å². The molecule has 1 aliphatic carbocycles. The van der Waals surface area contributed by atoms with Crippen LogP contribution in [-0.4, -0.2) is 11.3 Å². The van der Waals surface area contributed by atoms with Crippen LogP contribution < -0.4 is 5.32 Å². The minimum Gasteiger partial charge on any atom is -0.382 e. The van der Waals surface area contributed by atoms with Gasteiger partial charge in [-0.15, -0.1) is 11.8 Å². The van der Waals surface area contributed by atoms with Gasteiger partial charge in [-0.3, -0.25) is 0 Å². The van der Waals surface area contributed by atoms with Gasteiger partial charge in [-0.05, 0) is 66.4 Å². The van der Waals surface area contributed by atoms with Gasteiger partial charge in [0.25, 0.3) is 0 Å². The number of hydrogen-bond acceptors (Lipinski definition) is 2. The van der Waals surface area contributed by atoms with E-state index >= 15 is 0 Å². The molecule has 2 aliphatic heterocycles. The number of aryl methyl sites for hydroxylation is 1. The monoisotopic (exact) mass is 355 g/mol. The van der Waals surface area contributed by atoms with E-state index in [0.29, 0.717) is 17.9 Å². The summed E-state index contributed by atoms with van der Waals surface area (Å²) in [5, 5.41) is 4.69. The zero-order chi connectivity index (χ0) is 17.9. The lowest BCUT2D eigenvalue weighted by Gasteiger charge is -2.34. The second-order valence-corrected chi connectivity index (χ2v) is 10.4. The Morgan fingerprint density at radius 3 is 2.52 bits per heavy atom. The van der Waals surface area contributed by atoms with Gasteiger partial charge in [0.05, 0.1) is 0 Å². The Morgan fingerprint density at radius 1 is 1.08 bits per heavy atom. The van der Waals surface area contributed by atoms with Crippen LogP contribution in [0.4, 0.5) is 5.69 Å². The molecular weight excluding hydrogens is 322 g/mol. The van der Waals surface area contributed by atoms with Gasteiger partial charge in [-0.25, -0.2) is 0 Å². The van der Waals surface area contributed by atoms with Crippen molar-refractivity contribution >= 4 is 17.4 Å². The molecule has 1 fully saturated rings. The van der Waals surface area contributed by atoms with Gasteiger partial charge >= 0.3 is 0 Å². The highest BCUT2D eigenvalue weighted by atomic mass is 32.2. The van der Waals surface area contributed by atoms with Gasteiger partial charge in [0, 0.05) is 22.9 Å². The van der Waals surface area contributed by atoms with Crippen molar-refractivity contribution in [2.24, 2.45) is 23.7 Å². The van der Waals surface area contributed by atoms with Crippen LogP contribution in [0.15, 0.2) is 28.7 Å². The number of fused-ring (bicyclic) bond motifs is 2. The van der Waals surface area contributed by atoms with E-state index < -0.39 is 0 Å². The summed E-state index contributed by atoms with van der Waals surface area (Å²) in [6, 6.07) is 7.70. The SMILES string of the molecule is CC1=C(C)C2C(C)C(C)C(c3cccc4c3NC(C(C)C)CC4)C2S1. The van der Waals surface area contributed by atoms with E-state index in [1.54, 1.807) is 21.6 Å². The highest BCUT2D eigenvalue weighted by Gasteiger charge is 2.51. The maximum Gasteiger partial charge on any atom is 0.0410 e. The Bertz CT molecular complexity index is 704. The minimum absolute atomic E-state index is 0.622. The molecule has 0 saturated heterocycles. The second-order valence-electron chi connectivity index (χ2n) is 9.01. The number of para-hydroxylation sites is 1. The average Bonchev–Trinajstić information content (AvgIpc) is 3.01. The van der Waals surface area contributed by atoms with E-state index in [1.807, 2.05) is 0 Å². The van der Waals surface area contributed by atoms with E-state index in [0.717, 1.165) is 23.0 Å². The predicted molar refractivity (Wildman–Crippen MR) is 111 cm³/mol. The molecular formula is C23H33NS. The molecule has 6 unspecified atom stereocenters. The molecule has 1 N–H and O–H groups in total. The van der Waals surface area contributed by atoms with Crippen molar-refractivity contribution in [3.63, 3.8) is 0 Å². The third-order valence-corrected chi connectivity index (χ3v) is 8.97. The van der Waals surface area contributed by atoms with Crippen molar-refractivity contribution < 1.29 is 0 Å². The van der Waals surface area contributed by atoms with Crippen LogP contribution in [-0.2, 0) is 6.42 Å². The van der Waals surface area contributed by atoms with Crippen LogP contribution in [0.25, 0.3) is 0 Å². The van der Waals surface area contributed by atoms with Crippen LogP contribution >= 0.6 is 11.8 Å². The largest absolute Gasteiger partial charge is 0.382 e. The van der Waals surface area contributed by atoms with Gasteiger partial charge in [0.2, 0.25) is 0 Å². The Morgan fingerprint density at radius 2 is 1.80 bits per heavy atom. The zero-order valence-corrected chi connectivity index (χ0v) is 17.4. The van der Waals surface area contributed by atoms with Gasteiger partial charge in [-0.1, -0.05) is 51.5 Å². The summed E-state index contributed by atoms with van der Waals surface area (Å²) in [5.41, 5.74) is 6.29. The lowest BCUT2D eigenvalue weighted by molar-refractivity contribution is 0.381. The number of allylic oxidation sites excluding steroid dienone is 2. The number of nitrogens with one attached hydrogen (secondary N) is 1. The fourth-order valence-electron chi connectivity index (χ4n) is 5.61. The molecule has 0 amide bonds. The third-order valence-electron chi connectivity index (χ3n) is 7.44. The Kier molecular flexibility index (Phi) is 4.46. The second kappa shape index (κ2) is 6.37. The fourth-order valence-corrected chi connectivity index (χ4v) is 7.48. The Labute approximate surface area is 158 Å². The molecule has 1 aromatic rings. The maximum absolute atomic E-state index is 3.96. The quantitative estimate of drug-likeness (QED) is 0.653. The van der Waals surface area contributed by atoms with Crippen LogP contribution in [0.3, 0.4) is 0 Å². The first-order valence-corrected chi connectivity index (χ1v) is 11.0. The molecule has 1 nitrogen and oxygen atoms in total. The van der Waals surface area contributed by atoms with E-state index in [-0.39, 0.29) is 0 Å². The molecule has 4 rings (SSSR count). The molecule has 1 saturated carbocycles. The highest BCUT2D eigenvalue weighted by Crippen LogP contribution is 2.61. The molecule has 136 valence electrons. The summed E-state index contributed by atoms with van der Waals surface area (Å²) in [5.74, 6) is 3.66. The maximum atomic E-state index is 3.96.